The Kier molecular flexibility index (Phi) is 4.16. The Balaban J connectivity index is 2.28. The highest BCUT2D eigenvalue weighted by Gasteiger charge is 2.14. The van der Waals surface area contributed by atoms with Gasteiger partial charge in [-0.05, 0) is 17.7 Å². The maximum absolute atomic E-state index is 10.6. The Morgan fingerprint density at radius 1 is 1.20 bits per heavy atom. The smallest absolute Gasteiger partial charge is 0.329 e. The molecule has 0 aliphatic heterocycles. The van der Waals surface area contributed by atoms with Crippen LogP contribution < -0.4 is 9.47 Å². The molecule has 0 aliphatic rings. The fourth-order valence-electron chi connectivity index (χ4n) is 1.26. The van der Waals surface area contributed by atoms with Crippen LogP contribution in [-0.2, 0) is 0 Å². The predicted octanol–water partition coefficient (Wildman–Crippen LogP) is 2.89. The molecule has 0 saturated carbocycles. The average Bonchev–Trinajstić information content (AvgIpc) is 2.37. The number of rotatable bonds is 4. The van der Waals surface area contributed by atoms with Crippen molar-refractivity contribution in [2.75, 3.05) is 7.11 Å². The molecule has 10 heteroatoms. The van der Waals surface area contributed by atoms with E-state index in [1.807, 2.05) is 0 Å². The van der Waals surface area contributed by atoms with Crippen LogP contribution in [0.5, 0.6) is 17.8 Å². The molecule has 0 radical (unpaired) electrons. The largest absolute Gasteiger partial charge is 0.467 e. The van der Waals surface area contributed by atoms with E-state index in [0.29, 0.717) is 0 Å². The molecule has 0 N–H and O–H groups in total. The van der Waals surface area contributed by atoms with Gasteiger partial charge in [0.05, 0.1) is 12.0 Å². The Labute approximate surface area is 122 Å². The molecule has 0 spiro atoms. The van der Waals surface area contributed by atoms with Crippen LogP contribution >= 0.6 is 23.2 Å². The molecule has 0 unspecified atom stereocenters. The van der Waals surface area contributed by atoms with E-state index in [1.165, 1.54) is 25.3 Å². The highest BCUT2D eigenvalue weighted by atomic mass is 35.5. The number of nitro groups is 1. The van der Waals surface area contributed by atoms with Gasteiger partial charge < -0.3 is 9.47 Å². The minimum Gasteiger partial charge on any atom is -0.467 e. The maximum Gasteiger partial charge on any atom is 0.329 e. The van der Waals surface area contributed by atoms with Crippen molar-refractivity contribution in [2.24, 2.45) is 0 Å². The molecule has 20 heavy (non-hydrogen) atoms. The number of benzene rings is 1. The van der Waals surface area contributed by atoms with Gasteiger partial charge >= 0.3 is 12.0 Å². The summed E-state index contributed by atoms with van der Waals surface area (Å²) in [5.74, 6) is 0.213. The second-order valence-corrected chi connectivity index (χ2v) is 4.09. The van der Waals surface area contributed by atoms with E-state index < -0.39 is 4.92 Å². The quantitative estimate of drug-likeness (QED) is 0.631. The van der Waals surface area contributed by atoms with E-state index in [2.05, 4.69) is 15.0 Å². The Morgan fingerprint density at radius 2 is 1.90 bits per heavy atom. The molecule has 2 aromatic rings. The summed E-state index contributed by atoms with van der Waals surface area (Å²) in [6, 6.07) is 3.69. The summed E-state index contributed by atoms with van der Waals surface area (Å²) in [5.41, 5.74) is -0.231. The minimum absolute atomic E-state index is 0.0204. The van der Waals surface area contributed by atoms with Crippen molar-refractivity contribution in [3.63, 3.8) is 0 Å². The third kappa shape index (κ3) is 3.22. The lowest BCUT2D eigenvalue weighted by molar-refractivity contribution is -0.384. The number of hydrogen-bond donors (Lipinski definition) is 0. The number of hydrogen-bond acceptors (Lipinski definition) is 7. The maximum atomic E-state index is 10.6. The van der Waals surface area contributed by atoms with E-state index in [4.69, 9.17) is 32.7 Å². The molecule has 1 aromatic carbocycles. The number of methoxy groups -OCH3 is 1. The van der Waals surface area contributed by atoms with Crippen LogP contribution in [0.1, 0.15) is 0 Å². The number of nitro benzene ring substituents is 1. The molecule has 1 heterocycles. The van der Waals surface area contributed by atoms with Crippen molar-refractivity contribution in [2.45, 2.75) is 0 Å². The number of halogens is 2. The lowest BCUT2D eigenvalue weighted by atomic mass is 10.3. The first kappa shape index (κ1) is 14.2. The molecule has 0 saturated heterocycles. The predicted molar refractivity (Wildman–Crippen MR) is 69.6 cm³/mol. The van der Waals surface area contributed by atoms with Gasteiger partial charge in [-0.2, -0.15) is 9.97 Å². The average molecular weight is 317 g/mol. The van der Waals surface area contributed by atoms with Crippen LogP contribution in [0.2, 0.25) is 10.3 Å². The van der Waals surface area contributed by atoms with Crippen molar-refractivity contribution in [1.82, 2.24) is 15.0 Å². The first-order chi connectivity index (χ1) is 9.49. The van der Waals surface area contributed by atoms with E-state index in [-0.39, 0.29) is 33.8 Å². The summed E-state index contributed by atoms with van der Waals surface area (Å²) >= 11 is 11.4. The standard InChI is InChI=1S/C10H6Cl2N4O4/c1-19-9-13-8(12)14-10(15-9)20-5-2-3-7(16(17)18)6(11)4-5/h2-4H,1H3. The van der Waals surface area contributed by atoms with Gasteiger partial charge in [0.2, 0.25) is 5.28 Å². The van der Waals surface area contributed by atoms with Crippen molar-refractivity contribution in [1.29, 1.82) is 0 Å². The van der Waals surface area contributed by atoms with Gasteiger partial charge in [-0.15, -0.1) is 4.98 Å². The molecule has 104 valence electrons. The van der Waals surface area contributed by atoms with Crippen LogP contribution in [0.4, 0.5) is 5.69 Å². The van der Waals surface area contributed by atoms with Crippen LogP contribution in [0.15, 0.2) is 18.2 Å². The highest BCUT2D eigenvalue weighted by Crippen LogP contribution is 2.30. The van der Waals surface area contributed by atoms with Gasteiger partial charge in [0, 0.05) is 12.1 Å². The van der Waals surface area contributed by atoms with Crippen LogP contribution in [0.3, 0.4) is 0 Å². The fourth-order valence-corrected chi connectivity index (χ4v) is 1.64. The third-order valence-corrected chi connectivity index (χ3v) is 2.55. The van der Waals surface area contributed by atoms with Gasteiger partial charge in [0.1, 0.15) is 10.8 Å². The Hall–Kier alpha value is -2.19. The van der Waals surface area contributed by atoms with Crippen LogP contribution in [0.25, 0.3) is 0 Å². The molecule has 8 nitrogen and oxygen atoms in total. The van der Waals surface area contributed by atoms with Crippen LogP contribution in [-0.4, -0.2) is 27.0 Å². The van der Waals surface area contributed by atoms with Gasteiger partial charge in [-0.25, -0.2) is 0 Å². The molecule has 2 rings (SSSR count). The van der Waals surface area contributed by atoms with Gasteiger partial charge in [0.25, 0.3) is 5.69 Å². The summed E-state index contributed by atoms with van der Waals surface area (Å²) in [6.07, 6.45) is 0. The molecule has 1 aromatic heterocycles. The first-order valence-corrected chi connectivity index (χ1v) is 5.82. The molecular formula is C10H6Cl2N4O4. The SMILES string of the molecule is COc1nc(Cl)nc(Oc2ccc([N+](=O)[O-])c(Cl)c2)n1. The van der Waals surface area contributed by atoms with Crippen molar-refractivity contribution in [3.05, 3.63) is 38.6 Å². The molecule has 0 atom stereocenters. The first-order valence-electron chi connectivity index (χ1n) is 5.07. The van der Waals surface area contributed by atoms with E-state index in [0.717, 1.165) is 0 Å². The zero-order valence-corrected chi connectivity index (χ0v) is 11.4. The summed E-state index contributed by atoms with van der Waals surface area (Å²) in [4.78, 5) is 21.2. The number of aromatic nitrogens is 3. The molecular weight excluding hydrogens is 311 g/mol. The van der Waals surface area contributed by atoms with E-state index in [9.17, 15) is 10.1 Å². The fraction of sp³-hybridized carbons (Fsp3) is 0.100. The number of nitrogens with zero attached hydrogens (tertiary/aromatic N) is 4. The van der Waals surface area contributed by atoms with Gasteiger partial charge in [0.15, 0.2) is 0 Å². The summed E-state index contributed by atoms with van der Waals surface area (Å²) in [5, 5.41) is 10.5. The molecule has 0 aliphatic carbocycles. The van der Waals surface area contributed by atoms with Crippen molar-refractivity contribution >= 4 is 28.9 Å². The Bertz CT molecular complexity index is 668. The molecule has 0 fully saturated rings. The number of ether oxygens (including phenoxy) is 2. The van der Waals surface area contributed by atoms with Crippen molar-refractivity contribution in [3.8, 4) is 17.8 Å². The van der Waals surface area contributed by atoms with Gasteiger partial charge in [-0.1, -0.05) is 11.6 Å². The monoisotopic (exact) mass is 316 g/mol. The third-order valence-electron chi connectivity index (χ3n) is 2.07. The van der Waals surface area contributed by atoms with Gasteiger partial charge in [-0.3, -0.25) is 10.1 Å². The minimum atomic E-state index is -0.602. The Morgan fingerprint density at radius 3 is 2.50 bits per heavy atom. The second-order valence-electron chi connectivity index (χ2n) is 3.35. The summed E-state index contributed by atoms with van der Waals surface area (Å²) < 4.78 is 10.1. The van der Waals surface area contributed by atoms with E-state index in [1.54, 1.807) is 0 Å². The zero-order chi connectivity index (χ0) is 14.7. The second kappa shape index (κ2) is 5.85. The highest BCUT2D eigenvalue weighted by molar-refractivity contribution is 6.32. The normalized spacial score (nSPS) is 10.2. The van der Waals surface area contributed by atoms with Crippen LogP contribution in [0, 0.1) is 10.1 Å². The topological polar surface area (TPSA) is 100 Å². The lowest BCUT2D eigenvalue weighted by Crippen LogP contribution is -1.98. The summed E-state index contributed by atoms with van der Waals surface area (Å²) in [7, 11) is 1.36. The van der Waals surface area contributed by atoms with E-state index >= 15 is 0 Å². The molecule has 0 amide bonds. The lowest BCUT2D eigenvalue weighted by Gasteiger charge is -2.05. The zero-order valence-electron chi connectivity index (χ0n) is 9.91. The summed E-state index contributed by atoms with van der Waals surface area (Å²) in [6.45, 7) is 0. The van der Waals surface area contributed by atoms with Crippen molar-refractivity contribution < 1.29 is 14.4 Å². The molecule has 0 bridgehead atoms.